The van der Waals surface area contributed by atoms with Crippen LogP contribution in [0.15, 0.2) is 11.8 Å². The maximum atomic E-state index is 12.0. The fraction of sp³-hybridized carbons (Fsp3) is 0.455. The first-order chi connectivity index (χ1) is 8.47. The van der Waals surface area contributed by atoms with Crippen LogP contribution in [0.1, 0.15) is 20.3 Å². The number of ether oxygens (including phenoxy) is 1. The van der Waals surface area contributed by atoms with E-state index in [2.05, 4.69) is 0 Å². The third-order valence-corrected chi connectivity index (χ3v) is 2.91. The van der Waals surface area contributed by atoms with Crippen LogP contribution < -0.4 is 0 Å². The fourth-order valence-corrected chi connectivity index (χ4v) is 2.18. The number of hydrogen-bond donors (Lipinski definition) is 0. The summed E-state index contributed by atoms with van der Waals surface area (Å²) in [6.07, 6.45) is 0.912. The summed E-state index contributed by atoms with van der Waals surface area (Å²) in [5.41, 5.74) is 0. The van der Waals surface area contributed by atoms with E-state index < -0.39 is 30.1 Å². The molecule has 1 saturated heterocycles. The second-order valence-electron chi connectivity index (χ2n) is 4.05. The van der Waals surface area contributed by atoms with Crippen LogP contribution in [0.5, 0.6) is 0 Å². The zero-order valence-electron chi connectivity index (χ0n) is 9.91. The lowest BCUT2D eigenvalue weighted by atomic mass is 10.1. The lowest BCUT2D eigenvalue weighted by molar-refractivity contribution is -0.134. The van der Waals surface area contributed by atoms with Crippen molar-refractivity contribution in [2.75, 3.05) is 0 Å². The van der Waals surface area contributed by atoms with Gasteiger partial charge in [-0.15, -0.1) is 0 Å². The minimum atomic E-state index is -0.904. The highest BCUT2D eigenvalue weighted by Crippen LogP contribution is 2.31. The smallest absolute Gasteiger partial charge is 0.336 e. The number of fused-ring (bicyclic) bond motifs is 1. The molecule has 0 aromatic heterocycles. The predicted octanol–water partition coefficient (Wildman–Crippen LogP) is 0.339. The van der Waals surface area contributed by atoms with E-state index in [1.165, 1.54) is 19.9 Å². The zero-order chi connectivity index (χ0) is 13.4. The Labute approximate surface area is 103 Å². The molecule has 2 rings (SSSR count). The van der Waals surface area contributed by atoms with E-state index in [9.17, 15) is 14.4 Å². The first kappa shape index (κ1) is 12.1. The Morgan fingerprint density at radius 1 is 1.39 bits per heavy atom. The minimum absolute atomic E-state index is 0.0562. The molecule has 0 radical (unpaired) electrons. The van der Waals surface area contributed by atoms with Gasteiger partial charge in [-0.1, -0.05) is 0 Å². The molecule has 18 heavy (non-hydrogen) atoms. The molecule has 0 bridgehead atoms. The number of hydrogen-bond acceptors (Lipinski definition) is 5. The van der Waals surface area contributed by atoms with Crippen molar-refractivity contribution >= 4 is 17.8 Å². The van der Waals surface area contributed by atoms with Crippen LogP contribution in [0.25, 0.3) is 0 Å². The second-order valence-corrected chi connectivity index (χ2v) is 4.05. The summed E-state index contributed by atoms with van der Waals surface area (Å²) in [7, 11) is 0. The van der Waals surface area contributed by atoms with E-state index in [0.29, 0.717) is 6.42 Å². The number of nitriles is 1. The van der Waals surface area contributed by atoms with Crippen LogP contribution in [0.2, 0.25) is 0 Å². The highest BCUT2D eigenvalue weighted by Gasteiger charge is 2.52. The van der Waals surface area contributed by atoms with Gasteiger partial charge >= 0.3 is 6.03 Å². The molecular formula is C11H11N3O4. The summed E-state index contributed by atoms with van der Waals surface area (Å²) in [4.78, 5) is 36.8. The third-order valence-electron chi connectivity index (χ3n) is 2.91. The first-order valence-electron chi connectivity index (χ1n) is 5.38. The van der Waals surface area contributed by atoms with Crippen molar-refractivity contribution in [1.29, 1.82) is 5.26 Å². The van der Waals surface area contributed by atoms with Crippen LogP contribution in [0.4, 0.5) is 4.79 Å². The van der Waals surface area contributed by atoms with Gasteiger partial charge in [0.2, 0.25) is 18.0 Å². The normalized spacial score (nSPS) is 26.1. The van der Waals surface area contributed by atoms with Crippen molar-refractivity contribution in [2.45, 2.75) is 32.5 Å². The van der Waals surface area contributed by atoms with E-state index in [0.717, 1.165) is 9.80 Å². The Hall–Kier alpha value is -2.36. The molecule has 1 fully saturated rings. The minimum Gasteiger partial charge on any atom is -0.458 e. The van der Waals surface area contributed by atoms with Crippen LogP contribution in [0.3, 0.4) is 0 Å². The van der Waals surface area contributed by atoms with Crippen LogP contribution in [-0.4, -0.2) is 39.9 Å². The van der Waals surface area contributed by atoms with Crippen molar-refractivity contribution in [3.8, 4) is 6.07 Å². The van der Waals surface area contributed by atoms with Gasteiger partial charge < -0.3 is 4.74 Å². The lowest BCUT2D eigenvalue weighted by Crippen LogP contribution is -2.43. The van der Waals surface area contributed by atoms with Gasteiger partial charge in [-0.3, -0.25) is 14.5 Å². The summed E-state index contributed by atoms with van der Waals surface area (Å²) in [6, 6.07) is 0.565. The number of nitrogens with zero attached hydrogens (tertiary/aromatic N) is 3. The van der Waals surface area contributed by atoms with Gasteiger partial charge in [-0.05, 0) is 12.5 Å². The van der Waals surface area contributed by atoms with Crippen molar-refractivity contribution in [2.24, 2.45) is 0 Å². The number of carbonyl (C=O) groups excluding carboxylic acids is 3. The molecule has 0 spiro atoms. The molecule has 0 N–H and O–H groups in total. The molecule has 7 heteroatoms. The van der Waals surface area contributed by atoms with Gasteiger partial charge in [0.05, 0.1) is 0 Å². The number of carbonyl (C=O) groups is 3. The van der Waals surface area contributed by atoms with Crippen molar-refractivity contribution in [3.05, 3.63) is 11.8 Å². The maximum absolute atomic E-state index is 12.0. The van der Waals surface area contributed by atoms with E-state index in [-0.39, 0.29) is 5.76 Å². The average Bonchev–Trinajstić information content (AvgIpc) is 2.59. The summed E-state index contributed by atoms with van der Waals surface area (Å²) in [5.74, 6) is -0.908. The largest absolute Gasteiger partial charge is 0.458 e. The van der Waals surface area contributed by atoms with Gasteiger partial charge in [-0.2, -0.15) is 5.26 Å². The average molecular weight is 249 g/mol. The summed E-state index contributed by atoms with van der Waals surface area (Å²) >= 11 is 0. The van der Waals surface area contributed by atoms with Crippen molar-refractivity contribution in [3.63, 3.8) is 0 Å². The number of amides is 4. The van der Waals surface area contributed by atoms with E-state index >= 15 is 0 Å². The molecule has 0 aromatic carbocycles. The fourth-order valence-electron chi connectivity index (χ4n) is 2.18. The Balaban J connectivity index is 2.40. The molecule has 7 nitrogen and oxygen atoms in total. The van der Waals surface area contributed by atoms with Crippen LogP contribution in [0, 0.1) is 11.3 Å². The van der Waals surface area contributed by atoms with Crippen molar-refractivity contribution in [1.82, 2.24) is 9.80 Å². The molecule has 4 amide bonds. The SMILES string of the molecule is CC(=O)N1C(=O)N(C(C)=O)[C@H]2CC=C(C#N)O[C@H]21. The zero-order valence-corrected chi connectivity index (χ0v) is 9.91. The number of rotatable bonds is 0. The van der Waals surface area contributed by atoms with Crippen molar-refractivity contribution < 1.29 is 19.1 Å². The quantitative estimate of drug-likeness (QED) is 0.617. The summed E-state index contributed by atoms with van der Waals surface area (Å²) < 4.78 is 5.27. The highest BCUT2D eigenvalue weighted by atomic mass is 16.5. The lowest BCUT2D eigenvalue weighted by Gasteiger charge is -2.28. The van der Waals surface area contributed by atoms with Gasteiger partial charge in [0.15, 0.2) is 5.76 Å². The molecule has 0 aromatic rings. The maximum Gasteiger partial charge on any atom is 0.336 e. The topological polar surface area (TPSA) is 90.7 Å². The van der Waals surface area contributed by atoms with E-state index in [1.54, 1.807) is 0 Å². The second kappa shape index (κ2) is 4.14. The number of imide groups is 2. The molecule has 2 atom stereocenters. The monoisotopic (exact) mass is 249 g/mol. The third kappa shape index (κ3) is 1.62. The first-order valence-corrected chi connectivity index (χ1v) is 5.38. The molecule has 0 aliphatic carbocycles. The molecule has 0 saturated carbocycles. The Kier molecular flexibility index (Phi) is 2.79. The van der Waals surface area contributed by atoms with E-state index in [4.69, 9.17) is 10.00 Å². The molecule has 2 aliphatic rings. The van der Waals surface area contributed by atoms with Gasteiger partial charge in [0, 0.05) is 13.8 Å². The number of allylic oxidation sites excluding steroid dienone is 1. The standard InChI is InChI=1S/C11H11N3O4/c1-6(15)13-9-4-3-8(5-12)18-10(9)14(7(2)16)11(13)17/h3,9-10H,4H2,1-2H3/t9-,10+/m0/s1. The van der Waals surface area contributed by atoms with Gasteiger partial charge in [-0.25, -0.2) is 9.69 Å². The van der Waals surface area contributed by atoms with Crippen LogP contribution >= 0.6 is 0 Å². The molecule has 0 unspecified atom stereocenters. The summed E-state index contributed by atoms with van der Waals surface area (Å²) in [6.45, 7) is 2.47. The highest BCUT2D eigenvalue weighted by molar-refractivity contribution is 6.03. The Morgan fingerprint density at radius 2 is 2.00 bits per heavy atom. The Morgan fingerprint density at radius 3 is 2.50 bits per heavy atom. The predicted molar refractivity (Wildman–Crippen MR) is 57.4 cm³/mol. The Bertz CT molecular complexity index is 505. The molecular weight excluding hydrogens is 238 g/mol. The number of urea groups is 1. The molecule has 2 aliphatic heterocycles. The molecule has 2 heterocycles. The van der Waals surface area contributed by atoms with Gasteiger partial charge in [0.1, 0.15) is 12.1 Å². The summed E-state index contributed by atoms with van der Waals surface area (Å²) in [5, 5.41) is 8.76. The van der Waals surface area contributed by atoms with Gasteiger partial charge in [0.25, 0.3) is 0 Å². The van der Waals surface area contributed by atoms with E-state index in [1.807, 2.05) is 6.07 Å². The molecule has 94 valence electrons. The van der Waals surface area contributed by atoms with Crippen LogP contribution in [-0.2, 0) is 14.3 Å².